The Hall–Kier alpha value is -0.810. The number of halogens is 1. The molecule has 1 amide bonds. The van der Waals surface area contributed by atoms with Gasteiger partial charge in [0.15, 0.2) is 4.67 Å². The smallest absolute Gasteiger partial charge is 0.237 e. The Bertz CT molecular complexity index is 364. The maximum Gasteiger partial charge on any atom is 0.237 e. The summed E-state index contributed by atoms with van der Waals surface area (Å²) in [5.41, 5.74) is 1.09. The third kappa shape index (κ3) is 2.41. The minimum atomic E-state index is -0.0626. The minimum absolute atomic E-state index is 0.0626. The highest BCUT2D eigenvalue weighted by Gasteiger charge is 2.25. The fourth-order valence-electron chi connectivity index (χ4n) is 1.71. The summed E-state index contributed by atoms with van der Waals surface area (Å²) in [4.78, 5) is 13.5. The van der Waals surface area contributed by atoms with Gasteiger partial charge in [-0.05, 0) is 28.9 Å². The van der Waals surface area contributed by atoms with Gasteiger partial charge in [-0.1, -0.05) is 0 Å². The van der Waals surface area contributed by atoms with E-state index in [0.29, 0.717) is 0 Å². The molecule has 2 rings (SSSR count). The summed E-state index contributed by atoms with van der Waals surface area (Å²) in [5, 5.41) is 2.84. The molecule has 1 fully saturated rings. The molecule has 4 nitrogen and oxygen atoms in total. The second-order valence-corrected chi connectivity index (χ2v) is 4.48. The van der Waals surface area contributed by atoms with E-state index in [9.17, 15) is 4.79 Å². The maximum absolute atomic E-state index is 11.4. The topological polar surface area (TPSA) is 45.5 Å². The number of piperazine rings is 1. The van der Waals surface area contributed by atoms with E-state index < -0.39 is 0 Å². The number of hydrogen-bond acceptors (Lipinski definition) is 3. The van der Waals surface area contributed by atoms with Crippen LogP contribution < -0.4 is 5.32 Å². The first-order chi connectivity index (χ1) is 7.16. The Morgan fingerprint density at radius 2 is 2.53 bits per heavy atom. The van der Waals surface area contributed by atoms with Crippen LogP contribution in [-0.4, -0.2) is 29.9 Å². The Labute approximate surface area is 96.7 Å². The van der Waals surface area contributed by atoms with Crippen LogP contribution in [0.4, 0.5) is 0 Å². The molecule has 0 aromatic carbocycles. The van der Waals surface area contributed by atoms with Crippen LogP contribution in [0.15, 0.2) is 21.4 Å². The van der Waals surface area contributed by atoms with Crippen LogP contribution in [0.25, 0.3) is 0 Å². The van der Waals surface area contributed by atoms with Gasteiger partial charge < -0.3 is 9.73 Å². The molecule has 1 aromatic heterocycles. The summed E-state index contributed by atoms with van der Waals surface area (Å²) in [5.74, 6) is 0.101. The van der Waals surface area contributed by atoms with Gasteiger partial charge in [-0.3, -0.25) is 9.69 Å². The molecule has 82 valence electrons. The molecule has 1 atom stereocenters. The van der Waals surface area contributed by atoms with Crippen molar-refractivity contribution in [2.45, 2.75) is 19.5 Å². The molecule has 0 radical (unpaired) electrons. The van der Waals surface area contributed by atoms with Crippen LogP contribution in [0.5, 0.6) is 0 Å². The van der Waals surface area contributed by atoms with Gasteiger partial charge in [0, 0.05) is 25.2 Å². The Morgan fingerprint density at radius 3 is 3.20 bits per heavy atom. The third-order valence-corrected chi connectivity index (χ3v) is 3.05. The molecule has 1 N–H and O–H groups in total. The second kappa shape index (κ2) is 4.37. The van der Waals surface area contributed by atoms with E-state index in [0.717, 1.165) is 29.9 Å². The first-order valence-electron chi connectivity index (χ1n) is 4.91. The highest BCUT2D eigenvalue weighted by atomic mass is 79.9. The van der Waals surface area contributed by atoms with Crippen LogP contribution in [0.1, 0.15) is 12.5 Å². The lowest BCUT2D eigenvalue weighted by molar-refractivity contribution is -0.128. The van der Waals surface area contributed by atoms with Gasteiger partial charge in [-0.2, -0.15) is 0 Å². The normalized spacial score (nSPS) is 22.8. The third-order valence-electron chi connectivity index (χ3n) is 2.63. The summed E-state index contributed by atoms with van der Waals surface area (Å²) in [6.45, 7) is 4.28. The number of hydrogen-bond donors (Lipinski definition) is 1. The Balaban J connectivity index is 2.02. The number of amides is 1. The van der Waals surface area contributed by atoms with Gasteiger partial charge in [0.1, 0.15) is 0 Å². The van der Waals surface area contributed by atoms with Crippen LogP contribution in [0.3, 0.4) is 0 Å². The predicted molar refractivity (Wildman–Crippen MR) is 59.3 cm³/mol. The lowest BCUT2D eigenvalue weighted by Crippen LogP contribution is -2.53. The molecule has 1 saturated heterocycles. The fourth-order valence-corrected chi connectivity index (χ4v) is 2.10. The summed E-state index contributed by atoms with van der Waals surface area (Å²) in [7, 11) is 0. The zero-order valence-corrected chi connectivity index (χ0v) is 10.1. The van der Waals surface area contributed by atoms with E-state index in [4.69, 9.17) is 4.42 Å². The monoisotopic (exact) mass is 272 g/mol. The number of carbonyl (C=O) groups excluding carboxylic acids is 1. The molecule has 5 heteroatoms. The summed E-state index contributed by atoms with van der Waals surface area (Å²) in [6.07, 6.45) is 1.71. The number of nitrogens with one attached hydrogen (secondary N) is 1. The van der Waals surface area contributed by atoms with Gasteiger partial charge in [0.05, 0.1) is 12.3 Å². The van der Waals surface area contributed by atoms with E-state index in [-0.39, 0.29) is 11.9 Å². The first-order valence-corrected chi connectivity index (χ1v) is 5.71. The van der Waals surface area contributed by atoms with Crippen molar-refractivity contribution in [1.82, 2.24) is 10.2 Å². The van der Waals surface area contributed by atoms with Crippen molar-refractivity contribution >= 4 is 21.8 Å². The number of nitrogens with zero attached hydrogens (tertiary/aromatic N) is 1. The summed E-state index contributed by atoms with van der Waals surface area (Å²) >= 11 is 3.26. The lowest BCUT2D eigenvalue weighted by Gasteiger charge is -2.32. The van der Waals surface area contributed by atoms with Gasteiger partial charge in [0.25, 0.3) is 0 Å². The zero-order valence-electron chi connectivity index (χ0n) is 8.50. The van der Waals surface area contributed by atoms with Crippen molar-refractivity contribution in [3.63, 3.8) is 0 Å². The molecule has 1 unspecified atom stereocenters. The largest absolute Gasteiger partial charge is 0.457 e. The molecule has 0 aliphatic carbocycles. The van der Waals surface area contributed by atoms with Gasteiger partial charge in [0.2, 0.25) is 5.91 Å². The standard InChI is InChI=1S/C10H13BrN2O2/c1-7-10(14)12-2-3-13(7)5-8-4-9(11)15-6-8/h4,6-7H,2-3,5H2,1H3,(H,12,14). The quantitative estimate of drug-likeness (QED) is 0.885. The van der Waals surface area contributed by atoms with Crippen LogP contribution in [-0.2, 0) is 11.3 Å². The van der Waals surface area contributed by atoms with Crippen molar-refractivity contribution in [3.8, 4) is 0 Å². The second-order valence-electron chi connectivity index (χ2n) is 3.70. The molecule has 0 spiro atoms. The summed E-state index contributed by atoms with van der Waals surface area (Å²) in [6, 6.07) is 1.87. The van der Waals surface area contributed by atoms with Crippen molar-refractivity contribution in [1.29, 1.82) is 0 Å². The van der Waals surface area contributed by atoms with Crippen molar-refractivity contribution in [2.24, 2.45) is 0 Å². The van der Waals surface area contributed by atoms with E-state index in [1.165, 1.54) is 0 Å². The molecule has 2 heterocycles. The average molecular weight is 273 g/mol. The lowest BCUT2D eigenvalue weighted by atomic mass is 10.2. The number of furan rings is 1. The molecule has 1 aliphatic heterocycles. The van der Waals surface area contributed by atoms with Crippen LogP contribution >= 0.6 is 15.9 Å². The highest BCUT2D eigenvalue weighted by Crippen LogP contribution is 2.17. The SMILES string of the molecule is CC1C(=O)NCCN1Cc1coc(Br)c1. The van der Waals surface area contributed by atoms with E-state index >= 15 is 0 Å². The van der Waals surface area contributed by atoms with Gasteiger partial charge in [-0.25, -0.2) is 0 Å². The molecule has 15 heavy (non-hydrogen) atoms. The first kappa shape index (κ1) is 10.7. The van der Waals surface area contributed by atoms with Gasteiger partial charge >= 0.3 is 0 Å². The van der Waals surface area contributed by atoms with Crippen LogP contribution in [0.2, 0.25) is 0 Å². The molecule has 1 aromatic rings. The summed E-state index contributed by atoms with van der Waals surface area (Å²) < 4.78 is 5.89. The molecule has 0 saturated carbocycles. The molecular formula is C10H13BrN2O2. The average Bonchev–Trinajstić information content (AvgIpc) is 2.59. The minimum Gasteiger partial charge on any atom is -0.457 e. The van der Waals surface area contributed by atoms with Crippen molar-refractivity contribution in [3.05, 3.63) is 22.6 Å². The van der Waals surface area contributed by atoms with Crippen molar-refractivity contribution < 1.29 is 9.21 Å². The molecule has 0 bridgehead atoms. The number of carbonyl (C=O) groups is 1. The van der Waals surface area contributed by atoms with E-state index in [1.54, 1.807) is 6.26 Å². The molecule has 1 aliphatic rings. The predicted octanol–water partition coefficient (Wildman–Crippen LogP) is 1.36. The fraction of sp³-hybridized carbons (Fsp3) is 0.500. The van der Waals surface area contributed by atoms with E-state index in [1.807, 2.05) is 13.0 Å². The zero-order chi connectivity index (χ0) is 10.8. The van der Waals surface area contributed by atoms with Gasteiger partial charge in [-0.15, -0.1) is 0 Å². The highest BCUT2D eigenvalue weighted by molar-refractivity contribution is 9.10. The molecular weight excluding hydrogens is 260 g/mol. The number of rotatable bonds is 2. The Kier molecular flexibility index (Phi) is 3.11. The van der Waals surface area contributed by atoms with E-state index in [2.05, 4.69) is 26.1 Å². The van der Waals surface area contributed by atoms with Crippen molar-refractivity contribution in [2.75, 3.05) is 13.1 Å². The maximum atomic E-state index is 11.4. The van der Waals surface area contributed by atoms with Crippen LogP contribution in [0, 0.1) is 0 Å². The Morgan fingerprint density at radius 1 is 1.73 bits per heavy atom.